The van der Waals surface area contributed by atoms with Gasteiger partial charge >= 0.3 is 12.1 Å². The molecule has 0 aliphatic carbocycles. The van der Waals surface area contributed by atoms with Crippen LogP contribution in [0.5, 0.6) is 0 Å². The fourth-order valence-corrected chi connectivity index (χ4v) is 6.05. The second-order valence-corrected chi connectivity index (χ2v) is 13.2. The lowest BCUT2D eigenvalue weighted by molar-refractivity contribution is -0.173. The van der Waals surface area contributed by atoms with Crippen molar-refractivity contribution in [2.45, 2.75) is 49.6 Å². The van der Waals surface area contributed by atoms with Gasteiger partial charge in [-0.1, -0.05) is 38.5 Å². The van der Waals surface area contributed by atoms with Crippen molar-refractivity contribution in [1.82, 2.24) is 24.8 Å². The third kappa shape index (κ3) is 10.6. The summed E-state index contributed by atoms with van der Waals surface area (Å²) in [5.41, 5.74) is 8.61. The predicted octanol–water partition coefficient (Wildman–Crippen LogP) is 3.04. The number of amides is 1. The molecule has 3 N–H and O–H groups in total. The van der Waals surface area contributed by atoms with Crippen LogP contribution in [0, 0.1) is 11.8 Å². The van der Waals surface area contributed by atoms with Gasteiger partial charge in [-0.2, -0.15) is 18.2 Å². The number of carbonyl (C=O) groups excluding carboxylic acids is 1. The smallest absolute Gasteiger partial charge is 0.394 e. The molecule has 0 spiro atoms. The second-order valence-electron chi connectivity index (χ2n) is 10.3. The van der Waals surface area contributed by atoms with E-state index in [0.29, 0.717) is 5.56 Å². The van der Waals surface area contributed by atoms with Crippen LogP contribution in [0.2, 0.25) is 0 Å². The molecule has 0 aromatic carbocycles. The molecule has 1 aliphatic heterocycles. The van der Waals surface area contributed by atoms with E-state index >= 15 is 0 Å². The molecule has 0 bridgehead atoms. The van der Waals surface area contributed by atoms with Crippen molar-refractivity contribution in [3.63, 3.8) is 0 Å². The lowest BCUT2D eigenvalue weighted by Gasteiger charge is -2.23. The van der Waals surface area contributed by atoms with Crippen LogP contribution in [0.1, 0.15) is 32.1 Å². The maximum Gasteiger partial charge on any atom is 0.471 e. The number of carbonyl (C=O) groups is 1. The van der Waals surface area contributed by atoms with Crippen molar-refractivity contribution in [3.05, 3.63) is 32.6 Å². The number of aliphatic hydroxyl groups excluding tert-OH is 1. The van der Waals surface area contributed by atoms with Gasteiger partial charge in [-0.15, -0.1) is 0 Å². The zero-order valence-electron chi connectivity index (χ0n) is 24.7. The Balaban J connectivity index is 1.73. The number of aliphatic hydroxyl groups is 1. The third-order valence-corrected chi connectivity index (χ3v) is 8.88. The molecule has 15 nitrogen and oxygen atoms in total. The normalized spacial score (nSPS) is 18.5. The van der Waals surface area contributed by atoms with Crippen molar-refractivity contribution in [2.24, 2.45) is 10.1 Å². The Morgan fingerprint density at radius 2 is 2.20 bits per heavy atom. The number of hydrogen-bond acceptors (Lipinski definition) is 11. The summed E-state index contributed by atoms with van der Waals surface area (Å²) >= 11 is 0. The molecule has 246 valence electrons. The first-order chi connectivity index (χ1) is 21.3. The van der Waals surface area contributed by atoms with E-state index in [1.165, 1.54) is 27.9 Å². The molecule has 0 radical (unpaired) electrons. The van der Waals surface area contributed by atoms with E-state index in [4.69, 9.17) is 19.7 Å². The highest BCUT2D eigenvalue weighted by Gasteiger charge is 2.39. The van der Waals surface area contributed by atoms with Gasteiger partial charge < -0.3 is 34.1 Å². The van der Waals surface area contributed by atoms with Crippen molar-refractivity contribution >= 4 is 50.8 Å². The number of aromatic nitrogens is 3. The van der Waals surface area contributed by atoms with Gasteiger partial charge in [0.25, 0.3) is 5.56 Å². The molecule has 3 heterocycles. The Hall–Kier alpha value is -3.44. The van der Waals surface area contributed by atoms with Gasteiger partial charge in [0.2, 0.25) is 5.95 Å². The SMILES string of the molecule is CN(C)C=Nc1nc2c(c(C#CCOCSSC(C)(C)CNC(=O)C(F)(F)F)cn2[C@H]2CC(OCN=[N+]=[N-])[C@@H](CO)O2)c(=O)[nH]1. The van der Waals surface area contributed by atoms with Gasteiger partial charge in [0.05, 0.1) is 30.0 Å². The number of rotatable bonds is 14. The maximum absolute atomic E-state index is 13.1. The number of hydrogen-bond donors (Lipinski definition) is 3. The number of azide groups is 1. The highest BCUT2D eigenvalue weighted by atomic mass is 33.1. The standard InChI is InChI=1S/C25H32F3N9O6S2/c1-24(2,11-30-22(40)25(26,27)28)45-44-14-41-7-5-6-15-9-37(18-8-16(17(10-38)43-18)42-13-32-35-29)20-19(15)21(39)34-23(33-20)31-12-36(3)4/h9,12,16-18,38H,7-8,10-11,13-14H2,1-4H3,(H,30,40)(H,33,34,39)/t16?,17-,18-/m1/s1. The van der Waals surface area contributed by atoms with Gasteiger partial charge in [-0.3, -0.25) is 14.6 Å². The summed E-state index contributed by atoms with van der Waals surface area (Å²) in [5.74, 6) is 3.96. The fraction of sp³-hybridized carbons (Fsp3) is 0.600. The molecule has 1 unspecified atom stereocenters. The van der Waals surface area contributed by atoms with Crippen LogP contribution in [0.25, 0.3) is 21.5 Å². The summed E-state index contributed by atoms with van der Waals surface area (Å²) in [5, 5.41) is 15.2. The number of ether oxygens (including phenoxy) is 3. The topological polar surface area (TPSA) is 192 Å². The molecular formula is C25H32F3N9O6S2. The molecule has 45 heavy (non-hydrogen) atoms. The lowest BCUT2D eigenvalue weighted by Crippen LogP contribution is -2.42. The molecule has 2 aromatic heterocycles. The van der Waals surface area contributed by atoms with E-state index in [2.05, 4.69) is 36.8 Å². The van der Waals surface area contributed by atoms with Crippen LogP contribution in [0.4, 0.5) is 19.1 Å². The van der Waals surface area contributed by atoms with E-state index in [0.717, 1.165) is 0 Å². The Kier molecular flexibility index (Phi) is 13.0. The van der Waals surface area contributed by atoms with E-state index < -0.39 is 40.8 Å². The first-order valence-electron chi connectivity index (χ1n) is 13.2. The molecule has 3 rings (SSSR count). The minimum Gasteiger partial charge on any atom is -0.394 e. The molecule has 1 aliphatic rings. The quantitative estimate of drug-likeness (QED) is 0.0309. The molecule has 3 atom stereocenters. The molecule has 1 fully saturated rings. The van der Waals surface area contributed by atoms with E-state index in [1.54, 1.807) is 43.6 Å². The van der Waals surface area contributed by atoms with Crippen molar-refractivity contribution in [2.75, 3.05) is 46.5 Å². The molecule has 20 heteroatoms. The summed E-state index contributed by atoms with van der Waals surface area (Å²) in [7, 11) is 6.00. The summed E-state index contributed by atoms with van der Waals surface area (Å²) in [6.45, 7) is 2.55. The molecule has 1 amide bonds. The van der Waals surface area contributed by atoms with Crippen molar-refractivity contribution in [1.29, 1.82) is 0 Å². The summed E-state index contributed by atoms with van der Waals surface area (Å²) in [6, 6.07) is 0. The van der Waals surface area contributed by atoms with E-state index in [-0.39, 0.29) is 55.8 Å². The molecule has 2 aromatic rings. The lowest BCUT2D eigenvalue weighted by atomic mass is 10.2. The van der Waals surface area contributed by atoms with Crippen LogP contribution in [-0.4, -0.2) is 106 Å². The minimum atomic E-state index is -4.94. The molecule has 0 saturated carbocycles. The Morgan fingerprint density at radius 3 is 2.87 bits per heavy atom. The fourth-order valence-electron chi connectivity index (χ4n) is 3.92. The van der Waals surface area contributed by atoms with E-state index in [9.17, 15) is 27.9 Å². The van der Waals surface area contributed by atoms with Gasteiger partial charge in [-0.05, 0) is 19.4 Å². The predicted molar refractivity (Wildman–Crippen MR) is 163 cm³/mol. The van der Waals surface area contributed by atoms with Crippen molar-refractivity contribution < 1.29 is 37.3 Å². The van der Waals surface area contributed by atoms with Crippen molar-refractivity contribution in [3.8, 4) is 11.8 Å². The first kappa shape index (κ1) is 36.0. The third-order valence-electron chi connectivity index (χ3n) is 5.91. The molecular weight excluding hydrogens is 643 g/mol. The monoisotopic (exact) mass is 675 g/mol. The van der Waals surface area contributed by atoms with Crippen LogP contribution in [0.3, 0.4) is 0 Å². The maximum atomic E-state index is 13.1. The Morgan fingerprint density at radius 1 is 1.44 bits per heavy atom. The number of fused-ring (bicyclic) bond motifs is 1. The second kappa shape index (κ2) is 16.2. The Labute approximate surface area is 263 Å². The summed E-state index contributed by atoms with van der Waals surface area (Å²) in [4.78, 5) is 39.8. The number of alkyl halides is 3. The highest BCUT2D eigenvalue weighted by molar-refractivity contribution is 8.77. The van der Waals surface area contributed by atoms with Gasteiger partial charge in [0.1, 0.15) is 31.6 Å². The van der Waals surface area contributed by atoms with Crippen LogP contribution < -0.4 is 10.9 Å². The zero-order chi connectivity index (χ0) is 33.2. The van der Waals surface area contributed by atoms with Crippen LogP contribution in [-0.2, 0) is 19.0 Å². The summed E-state index contributed by atoms with van der Waals surface area (Å²) in [6.07, 6.45) is -3.65. The van der Waals surface area contributed by atoms with Gasteiger partial charge in [0, 0.05) is 42.9 Å². The minimum absolute atomic E-state index is 0.0240. The number of aromatic amines is 1. The molecule has 1 saturated heterocycles. The average Bonchev–Trinajstić information content (AvgIpc) is 3.55. The van der Waals surface area contributed by atoms with Gasteiger partial charge in [-0.25, -0.2) is 4.99 Å². The average molecular weight is 676 g/mol. The van der Waals surface area contributed by atoms with Gasteiger partial charge in [0.15, 0.2) is 5.65 Å². The number of nitrogens with zero attached hydrogens (tertiary/aromatic N) is 7. The summed E-state index contributed by atoms with van der Waals surface area (Å²) < 4.78 is 55.2. The number of halogens is 3. The van der Waals surface area contributed by atoms with Crippen LogP contribution >= 0.6 is 21.6 Å². The number of aliphatic imine (C=N–C) groups is 1. The Bertz CT molecular complexity index is 1530. The van der Waals surface area contributed by atoms with Crippen LogP contribution in [0.15, 0.2) is 21.1 Å². The van der Waals surface area contributed by atoms with E-state index in [1.807, 2.05) is 5.32 Å². The first-order valence-corrected chi connectivity index (χ1v) is 15.5. The highest BCUT2D eigenvalue weighted by Crippen LogP contribution is 2.36. The number of nitrogens with one attached hydrogen (secondary N) is 2. The number of H-pyrrole nitrogens is 1. The zero-order valence-corrected chi connectivity index (χ0v) is 26.3. The largest absolute Gasteiger partial charge is 0.471 e.